The van der Waals surface area contributed by atoms with Crippen molar-refractivity contribution in [3.63, 3.8) is 0 Å². The second-order valence-electron chi connectivity index (χ2n) is 3.20. The van der Waals surface area contributed by atoms with Gasteiger partial charge in [0.2, 0.25) is 5.89 Å². The third-order valence-electron chi connectivity index (χ3n) is 2.05. The Morgan fingerprint density at radius 1 is 1.53 bits per heavy atom. The Morgan fingerprint density at radius 3 is 3.07 bits per heavy atom. The van der Waals surface area contributed by atoms with Crippen molar-refractivity contribution >= 4 is 11.3 Å². The highest BCUT2D eigenvalue weighted by Gasteiger charge is 2.13. The van der Waals surface area contributed by atoms with Crippen molar-refractivity contribution in [3.05, 3.63) is 23.4 Å². The molecule has 1 atom stereocenters. The number of nitrogens with one attached hydrogen (secondary N) is 1. The van der Waals surface area contributed by atoms with E-state index >= 15 is 0 Å². The van der Waals surface area contributed by atoms with Gasteiger partial charge in [0.1, 0.15) is 0 Å². The quantitative estimate of drug-likeness (QED) is 0.865. The average Bonchev–Trinajstić information content (AvgIpc) is 2.89. The maximum absolute atomic E-state index is 5.57. The highest BCUT2D eigenvalue weighted by Crippen LogP contribution is 2.24. The summed E-state index contributed by atoms with van der Waals surface area (Å²) in [5, 5.41) is 13.3. The smallest absolute Gasteiger partial charge is 0.257 e. The van der Waals surface area contributed by atoms with Crippen LogP contribution in [-0.4, -0.2) is 16.7 Å². The summed E-state index contributed by atoms with van der Waals surface area (Å²) in [5.41, 5.74) is 0. The molecule has 2 rings (SSSR count). The highest BCUT2D eigenvalue weighted by molar-refractivity contribution is 7.13. The second-order valence-corrected chi connectivity index (χ2v) is 4.15. The van der Waals surface area contributed by atoms with Crippen LogP contribution in [0.2, 0.25) is 0 Å². The van der Waals surface area contributed by atoms with Crippen molar-refractivity contribution in [2.24, 2.45) is 0 Å². The van der Waals surface area contributed by atoms with E-state index in [0.29, 0.717) is 11.8 Å². The normalized spacial score (nSPS) is 12.9. The summed E-state index contributed by atoms with van der Waals surface area (Å²) < 4.78 is 5.57. The minimum atomic E-state index is 0.108. The van der Waals surface area contributed by atoms with Crippen molar-refractivity contribution in [3.8, 4) is 10.8 Å². The van der Waals surface area contributed by atoms with E-state index in [0.717, 1.165) is 11.4 Å². The Bertz CT molecular complexity index is 410. The summed E-state index contributed by atoms with van der Waals surface area (Å²) in [4.78, 5) is 1.01. The monoisotopic (exact) mass is 223 g/mol. The van der Waals surface area contributed by atoms with Crippen LogP contribution in [0.4, 0.5) is 0 Å². The fraction of sp³-hybridized carbons (Fsp3) is 0.400. The number of thiophene rings is 1. The molecule has 2 aromatic rings. The summed E-state index contributed by atoms with van der Waals surface area (Å²) in [6.07, 6.45) is 0. The Hall–Kier alpha value is -1.20. The summed E-state index contributed by atoms with van der Waals surface area (Å²) in [6.45, 7) is 4.94. The van der Waals surface area contributed by atoms with E-state index in [9.17, 15) is 0 Å². The zero-order valence-electron chi connectivity index (χ0n) is 8.73. The Morgan fingerprint density at radius 2 is 2.40 bits per heavy atom. The van der Waals surface area contributed by atoms with E-state index in [1.807, 2.05) is 31.4 Å². The molecule has 0 aliphatic rings. The SMILES string of the molecule is CCNC(C)c1nnc(-c2cccs2)o1. The molecule has 0 fully saturated rings. The first-order valence-electron chi connectivity index (χ1n) is 4.92. The van der Waals surface area contributed by atoms with Gasteiger partial charge in [-0.15, -0.1) is 21.5 Å². The van der Waals surface area contributed by atoms with Gasteiger partial charge in [-0.2, -0.15) is 0 Å². The molecule has 1 unspecified atom stereocenters. The van der Waals surface area contributed by atoms with Crippen LogP contribution < -0.4 is 5.32 Å². The molecule has 0 aromatic carbocycles. The minimum absolute atomic E-state index is 0.108. The average molecular weight is 223 g/mol. The van der Waals surface area contributed by atoms with E-state index in [1.165, 1.54) is 0 Å². The largest absolute Gasteiger partial charge is 0.418 e. The van der Waals surface area contributed by atoms with Crippen LogP contribution in [0.5, 0.6) is 0 Å². The number of hydrogen-bond donors (Lipinski definition) is 1. The van der Waals surface area contributed by atoms with E-state index < -0.39 is 0 Å². The lowest BCUT2D eigenvalue weighted by Crippen LogP contribution is -2.17. The van der Waals surface area contributed by atoms with Crippen LogP contribution in [0, 0.1) is 0 Å². The van der Waals surface area contributed by atoms with Crippen molar-refractivity contribution in [2.45, 2.75) is 19.9 Å². The Balaban J connectivity index is 2.17. The number of nitrogens with zero attached hydrogens (tertiary/aromatic N) is 2. The maximum atomic E-state index is 5.57. The molecule has 0 saturated carbocycles. The number of rotatable bonds is 4. The van der Waals surface area contributed by atoms with Gasteiger partial charge in [0.25, 0.3) is 5.89 Å². The standard InChI is InChI=1S/C10H13N3OS/c1-3-11-7(2)9-12-13-10(14-9)8-5-4-6-15-8/h4-7,11H,3H2,1-2H3. The molecule has 80 valence electrons. The molecule has 2 aromatic heterocycles. The van der Waals surface area contributed by atoms with Gasteiger partial charge >= 0.3 is 0 Å². The van der Waals surface area contributed by atoms with Crippen LogP contribution in [0.3, 0.4) is 0 Å². The molecule has 0 aliphatic carbocycles. The number of aromatic nitrogens is 2. The van der Waals surface area contributed by atoms with Gasteiger partial charge in [-0.1, -0.05) is 13.0 Å². The third kappa shape index (κ3) is 2.24. The van der Waals surface area contributed by atoms with E-state index in [1.54, 1.807) is 11.3 Å². The van der Waals surface area contributed by atoms with Gasteiger partial charge in [-0.05, 0) is 24.9 Å². The first-order valence-corrected chi connectivity index (χ1v) is 5.80. The first-order chi connectivity index (χ1) is 7.31. The van der Waals surface area contributed by atoms with Gasteiger partial charge in [-0.3, -0.25) is 0 Å². The topological polar surface area (TPSA) is 51.0 Å². The van der Waals surface area contributed by atoms with Crippen LogP contribution in [0.1, 0.15) is 25.8 Å². The first kappa shape index (κ1) is 10.3. The third-order valence-corrected chi connectivity index (χ3v) is 2.91. The van der Waals surface area contributed by atoms with Gasteiger partial charge in [0.15, 0.2) is 0 Å². The molecule has 0 amide bonds. The summed E-state index contributed by atoms with van der Waals surface area (Å²) >= 11 is 1.60. The molecule has 2 heterocycles. The van der Waals surface area contributed by atoms with Gasteiger partial charge in [0, 0.05) is 0 Å². The van der Waals surface area contributed by atoms with Crippen LogP contribution in [0.25, 0.3) is 10.8 Å². The lowest BCUT2D eigenvalue weighted by molar-refractivity contribution is 0.429. The molecule has 5 heteroatoms. The fourth-order valence-corrected chi connectivity index (χ4v) is 1.95. The molecule has 4 nitrogen and oxygen atoms in total. The molecule has 0 spiro atoms. The van der Waals surface area contributed by atoms with Crippen molar-refractivity contribution in [1.82, 2.24) is 15.5 Å². The molecular weight excluding hydrogens is 210 g/mol. The van der Waals surface area contributed by atoms with E-state index in [4.69, 9.17) is 4.42 Å². The van der Waals surface area contributed by atoms with E-state index in [2.05, 4.69) is 15.5 Å². The lowest BCUT2D eigenvalue weighted by atomic mass is 10.3. The van der Waals surface area contributed by atoms with Crippen LogP contribution in [0.15, 0.2) is 21.9 Å². The van der Waals surface area contributed by atoms with Crippen molar-refractivity contribution in [1.29, 1.82) is 0 Å². The predicted octanol–water partition coefficient (Wildman–Crippen LogP) is 2.47. The number of hydrogen-bond acceptors (Lipinski definition) is 5. The van der Waals surface area contributed by atoms with Gasteiger partial charge in [0.05, 0.1) is 10.9 Å². The zero-order chi connectivity index (χ0) is 10.7. The van der Waals surface area contributed by atoms with Gasteiger partial charge in [-0.25, -0.2) is 0 Å². The summed E-state index contributed by atoms with van der Waals surface area (Å²) in [5.74, 6) is 1.24. The predicted molar refractivity (Wildman–Crippen MR) is 59.7 cm³/mol. The molecule has 0 radical (unpaired) electrons. The molecule has 1 N–H and O–H groups in total. The van der Waals surface area contributed by atoms with Crippen LogP contribution >= 0.6 is 11.3 Å². The molecule has 0 bridgehead atoms. The maximum Gasteiger partial charge on any atom is 0.257 e. The van der Waals surface area contributed by atoms with Crippen molar-refractivity contribution < 1.29 is 4.42 Å². The highest BCUT2D eigenvalue weighted by atomic mass is 32.1. The summed E-state index contributed by atoms with van der Waals surface area (Å²) in [6, 6.07) is 4.05. The van der Waals surface area contributed by atoms with Crippen molar-refractivity contribution in [2.75, 3.05) is 6.54 Å². The second kappa shape index (κ2) is 4.55. The van der Waals surface area contributed by atoms with Crippen LogP contribution in [-0.2, 0) is 0 Å². The molecular formula is C10H13N3OS. The Kier molecular flexibility index (Phi) is 3.13. The molecule has 0 aliphatic heterocycles. The minimum Gasteiger partial charge on any atom is -0.418 e. The zero-order valence-corrected chi connectivity index (χ0v) is 9.54. The Labute approximate surface area is 92.3 Å². The molecule has 0 saturated heterocycles. The fourth-order valence-electron chi connectivity index (χ4n) is 1.30. The summed E-state index contributed by atoms with van der Waals surface area (Å²) in [7, 11) is 0. The van der Waals surface area contributed by atoms with E-state index in [-0.39, 0.29) is 6.04 Å². The van der Waals surface area contributed by atoms with Gasteiger partial charge < -0.3 is 9.73 Å². The lowest BCUT2D eigenvalue weighted by Gasteiger charge is -2.05. The molecule has 15 heavy (non-hydrogen) atoms.